The Kier molecular flexibility index (Phi) is 5.24. The van der Waals surface area contributed by atoms with Crippen LogP contribution in [-0.4, -0.2) is 16.5 Å². The van der Waals surface area contributed by atoms with Gasteiger partial charge >= 0.3 is 0 Å². The predicted molar refractivity (Wildman–Crippen MR) is 101 cm³/mol. The van der Waals surface area contributed by atoms with Crippen LogP contribution in [0.15, 0.2) is 53.4 Å². The molecule has 1 aliphatic rings. The van der Waals surface area contributed by atoms with Crippen LogP contribution in [0, 0.1) is 6.92 Å². The van der Waals surface area contributed by atoms with Gasteiger partial charge in [-0.3, -0.25) is 0 Å². The van der Waals surface area contributed by atoms with Gasteiger partial charge in [-0.05, 0) is 56.7 Å². The Morgan fingerprint density at radius 2 is 1.92 bits per heavy atom. The van der Waals surface area contributed by atoms with E-state index in [2.05, 4.69) is 33.6 Å². The fourth-order valence-corrected chi connectivity index (χ4v) is 2.60. The van der Waals surface area contributed by atoms with Crippen molar-refractivity contribution >= 4 is 17.4 Å². The zero-order valence-electron chi connectivity index (χ0n) is 14.6. The molecule has 0 saturated heterocycles. The molecule has 0 saturated carbocycles. The van der Waals surface area contributed by atoms with Crippen LogP contribution in [0.5, 0.6) is 5.75 Å². The number of nitrogens with one attached hydrogen (secondary N) is 2. The standard InChI is InChI=1S/C19H21ClN4O/c1-12-10-21-13(2)8-17(12)23-18-9-14(3)22-19(24-18)11-25-16-6-4-15(20)5-7-16/h4-9,21H,10-11H2,1-3H3,(H,22,23,24). The highest BCUT2D eigenvalue weighted by atomic mass is 35.5. The van der Waals surface area contributed by atoms with Crippen molar-refractivity contribution in [1.82, 2.24) is 15.3 Å². The van der Waals surface area contributed by atoms with Crippen molar-refractivity contribution < 1.29 is 4.74 Å². The van der Waals surface area contributed by atoms with E-state index in [1.165, 1.54) is 5.57 Å². The maximum Gasteiger partial charge on any atom is 0.168 e. The minimum atomic E-state index is 0.298. The second-order valence-corrected chi connectivity index (χ2v) is 6.49. The lowest BCUT2D eigenvalue weighted by Crippen LogP contribution is -2.21. The minimum Gasteiger partial charge on any atom is -0.486 e. The van der Waals surface area contributed by atoms with E-state index >= 15 is 0 Å². The van der Waals surface area contributed by atoms with Gasteiger partial charge in [-0.2, -0.15) is 0 Å². The van der Waals surface area contributed by atoms with E-state index in [1.54, 1.807) is 12.1 Å². The first-order chi connectivity index (χ1) is 12.0. The van der Waals surface area contributed by atoms with Crippen molar-refractivity contribution in [1.29, 1.82) is 0 Å². The van der Waals surface area contributed by atoms with E-state index in [9.17, 15) is 0 Å². The lowest BCUT2D eigenvalue weighted by molar-refractivity contribution is 0.295. The van der Waals surface area contributed by atoms with Crippen LogP contribution in [0.2, 0.25) is 5.02 Å². The zero-order chi connectivity index (χ0) is 17.8. The molecule has 0 bridgehead atoms. The lowest BCUT2D eigenvalue weighted by atomic mass is 10.1. The van der Waals surface area contributed by atoms with Crippen molar-refractivity contribution in [2.75, 3.05) is 11.9 Å². The highest BCUT2D eigenvalue weighted by Gasteiger charge is 2.10. The van der Waals surface area contributed by atoms with Gasteiger partial charge in [0.1, 0.15) is 18.2 Å². The van der Waals surface area contributed by atoms with Crippen molar-refractivity contribution in [2.45, 2.75) is 27.4 Å². The molecule has 2 aromatic rings. The molecule has 130 valence electrons. The Hall–Kier alpha value is -2.53. The Labute approximate surface area is 152 Å². The highest BCUT2D eigenvalue weighted by molar-refractivity contribution is 6.30. The molecular weight excluding hydrogens is 336 g/mol. The molecular formula is C19H21ClN4O. The molecule has 2 heterocycles. The number of aryl methyl sites for hydroxylation is 1. The number of ether oxygens (including phenoxy) is 1. The second-order valence-electron chi connectivity index (χ2n) is 6.05. The molecule has 3 rings (SSSR count). The second kappa shape index (κ2) is 7.57. The van der Waals surface area contributed by atoms with E-state index < -0.39 is 0 Å². The molecule has 0 radical (unpaired) electrons. The number of benzene rings is 1. The van der Waals surface area contributed by atoms with Crippen LogP contribution < -0.4 is 15.4 Å². The zero-order valence-corrected chi connectivity index (χ0v) is 15.3. The van der Waals surface area contributed by atoms with Gasteiger partial charge in [-0.15, -0.1) is 0 Å². The normalized spacial score (nSPS) is 14.0. The van der Waals surface area contributed by atoms with Crippen LogP contribution in [0.1, 0.15) is 25.4 Å². The third kappa shape index (κ3) is 4.73. The van der Waals surface area contributed by atoms with Crippen molar-refractivity contribution in [3.05, 3.63) is 69.9 Å². The van der Waals surface area contributed by atoms with E-state index in [-0.39, 0.29) is 0 Å². The quantitative estimate of drug-likeness (QED) is 0.840. The largest absolute Gasteiger partial charge is 0.486 e. The van der Waals surface area contributed by atoms with Gasteiger partial charge in [0.25, 0.3) is 0 Å². The maximum atomic E-state index is 5.88. The summed E-state index contributed by atoms with van der Waals surface area (Å²) < 4.78 is 5.74. The summed E-state index contributed by atoms with van der Waals surface area (Å²) in [6.45, 7) is 7.22. The number of nitrogens with zero attached hydrogens (tertiary/aromatic N) is 2. The number of dihydropyridines is 1. The van der Waals surface area contributed by atoms with Crippen molar-refractivity contribution in [2.24, 2.45) is 0 Å². The molecule has 2 N–H and O–H groups in total. The van der Waals surface area contributed by atoms with Crippen molar-refractivity contribution in [3.8, 4) is 5.75 Å². The molecule has 0 atom stereocenters. The molecule has 5 nitrogen and oxygen atoms in total. The Balaban J connectivity index is 1.73. The smallest absolute Gasteiger partial charge is 0.168 e. The summed E-state index contributed by atoms with van der Waals surface area (Å²) in [6.07, 6.45) is 2.08. The van der Waals surface area contributed by atoms with Crippen molar-refractivity contribution in [3.63, 3.8) is 0 Å². The average Bonchev–Trinajstić information content (AvgIpc) is 2.57. The summed E-state index contributed by atoms with van der Waals surface area (Å²) in [5.41, 5.74) is 4.32. The van der Waals surface area contributed by atoms with Crippen LogP contribution in [0.4, 0.5) is 5.82 Å². The van der Waals surface area contributed by atoms with E-state index in [1.807, 2.05) is 32.0 Å². The van der Waals surface area contributed by atoms with Crippen LogP contribution >= 0.6 is 11.6 Å². The lowest BCUT2D eigenvalue weighted by Gasteiger charge is -2.19. The molecule has 0 amide bonds. The SMILES string of the molecule is CC1=CC(Nc2cc(C)nc(COc3ccc(Cl)cc3)n2)=C(C)CN1. The molecule has 6 heteroatoms. The molecule has 1 aromatic carbocycles. The van der Waals surface area contributed by atoms with Gasteiger partial charge in [0.2, 0.25) is 0 Å². The van der Waals surface area contributed by atoms with Gasteiger partial charge in [0, 0.05) is 34.7 Å². The number of allylic oxidation sites excluding steroid dienone is 2. The Morgan fingerprint density at radius 3 is 2.68 bits per heavy atom. The summed E-state index contributed by atoms with van der Waals surface area (Å²) in [7, 11) is 0. The Morgan fingerprint density at radius 1 is 1.16 bits per heavy atom. The first-order valence-corrected chi connectivity index (χ1v) is 8.49. The van der Waals surface area contributed by atoms with Gasteiger partial charge in [-0.25, -0.2) is 9.97 Å². The predicted octanol–water partition coefficient (Wildman–Crippen LogP) is 4.21. The number of anilines is 1. The van der Waals surface area contributed by atoms with E-state index in [0.29, 0.717) is 17.5 Å². The number of hydrogen-bond donors (Lipinski definition) is 2. The molecule has 0 aliphatic carbocycles. The molecule has 1 aliphatic heterocycles. The maximum absolute atomic E-state index is 5.88. The highest BCUT2D eigenvalue weighted by Crippen LogP contribution is 2.19. The van der Waals surface area contributed by atoms with Crippen LogP contribution in [0.3, 0.4) is 0 Å². The van der Waals surface area contributed by atoms with Gasteiger partial charge in [0.05, 0.1) is 0 Å². The van der Waals surface area contributed by atoms with Crippen LogP contribution in [0.25, 0.3) is 0 Å². The summed E-state index contributed by atoms with van der Waals surface area (Å²) >= 11 is 5.88. The van der Waals surface area contributed by atoms with Gasteiger partial charge in [-0.1, -0.05) is 11.6 Å². The molecule has 0 unspecified atom stereocenters. The number of halogens is 1. The average molecular weight is 357 g/mol. The fraction of sp³-hybridized carbons (Fsp3) is 0.263. The number of hydrogen-bond acceptors (Lipinski definition) is 5. The number of rotatable bonds is 5. The van der Waals surface area contributed by atoms with E-state index in [4.69, 9.17) is 16.3 Å². The fourth-order valence-electron chi connectivity index (χ4n) is 2.48. The first kappa shape index (κ1) is 17.3. The van der Waals surface area contributed by atoms with Crippen LogP contribution in [-0.2, 0) is 6.61 Å². The van der Waals surface area contributed by atoms with Gasteiger partial charge < -0.3 is 15.4 Å². The third-order valence-electron chi connectivity index (χ3n) is 3.80. The monoisotopic (exact) mass is 356 g/mol. The molecule has 1 aromatic heterocycles. The summed E-state index contributed by atoms with van der Waals surface area (Å²) in [5, 5.41) is 7.38. The first-order valence-electron chi connectivity index (χ1n) is 8.11. The summed E-state index contributed by atoms with van der Waals surface area (Å²) in [4.78, 5) is 9.01. The minimum absolute atomic E-state index is 0.298. The third-order valence-corrected chi connectivity index (χ3v) is 4.05. The van der Waals surface area contributed by atoms with Gasteiger partial charge in [0.15, 0.2) is 5.82 Å². The topological polar surface area (TPSA) is 59.1 Å². The molecule has 0 spiro atoms. The summed E-state index contributed by atoms with van der Waals surface area (Å²) in [5.74, 6) is 2.13. The molecule has 0 fully saturated rings. The number of aromatic nitrogens is 2. The van der Waals surface area contributed by atoms with E-state index in [0.717, 1.165) is 35.2 Å². The molecule has 25 heavy (non-hydrogen) atoms. The Bertz CT molecular complexity index is 828. The summed E-state index contributed by atoms with van der Waals surface area (Å²) in [6, 6.07) is 9.17.